The van der Waals surface area contributed by atoms with Crippen molar-refractivity contribution in [3.8, 4) is 11.5 Å². The second kappa shape index (κ2) is 6.31. The average Bonchev–Trinajstić information content (AvgIpc) is 2.50. The van der Waals surface area contributed by atoms with Crippen molar-refractivity contribution in [3.63, 3.8) is 0 Å². The first kappa shape index (κ1) is 14.9. The van der Waals surface area contributed by atoms with Crippen LogP contribution >= 0.6 is 0 Å². The number of aromatic hydroxyl groups is 2. The molecule has 0 aliphatic carbocycles. The highest BCUT2D eigenvalue weighted by Gasteiger charge is 2.13. The Morgan fingerprint density at radius 3 is 2.14 bits per heavy atom. The first-order valence-corrected chi connectivity index (χ1v) is 7.00. The molecule has 0 radical (unpaired) electrons. The number of hydrogen-bond acceptors (Lipinski definition) is 3. The predicted octanol–water partition coefficient (Wildman–Crippen LogP) is 3.47. The molecule has 0 spiro atoms. The van der Waals surface area contributed by atoms with E-state index >= 15 is 0 Å². The van der Waals surface area contributed by atoms with Crippen molar-refractivity contribution in [2.45, 2.75) is 26.7 Å². The molecule has 4 heteroatoms. The van der Waals surface area contributed by atoms with Gasteiger partial charge < -0.3 is 15.5 Å². The summed E-state index contributed by atoms with van der Waals surface area (Å²) in [4.78, 5) is 12.3. The first-order chi connectivity index (χ1) is 10.1. The van der Waals surface area contributed by atoms with Crippen LogP contribution in [0.25, 0.3) is 0 Å². The Balaban J connectivity index is 2.33. The molecule has 0 saturated heterocycles. The van der Waals surface area contributed by atoms with Gasteiger partial charge in [0, 0.05) is 11.3 Å². The monoisotopic (exact) mass is 285 g/mol. The maximum absolute atomic E-state index is 12.3. The number of carbonyl (C=O) groups excluding carboxylic acids is 1. The molecular formula is C17H19NO3. The van der Waals surface area contributed by atoms with E-state index < -0.39 is 0 Å². The minimum Gasteiger partial charge on any atom is -0.504 e. The third kappa shape index (κ3) is 3.16. The maximum Gasteiger partial charge on any atom is 0.255 e. The number of aryl methyl sites for hydroxylation is 2. The van der Waals surface area contributed by atoms with Gasteiger partial charge in [0.15, 0.2) is 11.5 Å². The van der Waals surface area contributed by atoms with E-state index in [1.165, 1.54) is 18.2 Å². The first-order valence-electron chi connectivity index (χ1n) is 7.00. The largest absolute Gasteiger partial charge is 0.504 e. The number of rotatable bonds is 4. The van der Waals surface area contributed by atoms with Gasteiger partial charge in [-0.05, 0) is 42.2 Å². The van der Waals surface area contributed by atoms with E-state index in [0.29, 0.717) is 5.56 Å². The van der Waals surface area contributed by atoms with Gasteiger partial charge >= 0.3 is 0 Å². The molecule has 0 unspecified atom stereocenters. The van der Waals surface area contributed by atoms with Gasteiger partial charge in [0.2, 0.25) is 0 Å². The Labute approximate surface area is 124 Å². The van der Waals surface area contributed by atoms with Gasteiger partial charge in [0.25, 0.3) is 5.91 Å². The number of phenolic OH excluding ortho intramolecular Hbond substituents is 2. The lowest BCUT2D eigenvalue weighted by Crippen LogP contribution is -2.14. The zero-order valence-electron chi connectivity index (χ0n) is 12.2. The number of carbonyl (C=O) groups is 1. The molecule has 2 aromatic rings. The van der Waals surface area contributed by atoms with Gasteiger partial charge in [-0.1, -0.05) is 32.0 Å². The van der Waals surface area contributed by atoms with Crippen molar-refractivity contribution >= 4 is 11.6 Å². The summed E-state index contributed by atoms with van der Waals surface area (Å²) in [6.07, 6.45) is 1.65. The van der Waals surface area contributed by atoms with Crippen LogP contribution in [-0.4, -0.2) is 16.1 Å². The van der Waals surface area contributed by atoms with Crippen LogP contribution in [0.3, 0.4) is 0 Å². The van der Waals surface area contributed by atoms with Gasteiger partial charge in [0.1, 0.15) is 0 Å². The summed E-state index contributed by atoms with van der Waals surface area (Å²) in [5.74, 6) is -0.849. The van der Waals surface area contributed by atoms with E-state index in [1.807, 2.05) is 32.0 Å². The van der Waals surface area contributed by atoms with Crippen molar-refractivity contribution in [1.29, 1.82) is 0 Å². The number of hydrogen-bond donors (Lipinski definition) is 3. The Morgan fingerprint density at radius 1 is 1.00 bits per heavy atom. The van der Waals surface area contributed by atoms with E-state index in [0.717, 1.165) is 29.7 Å². The van der Waals surface area contributed by atoms with Crippen LogP contribution in [0.2, 0.25) is 0 Å². The highest BCUT2D eigenvalue weighted by atomic mass is 16.3. The van der Waals surface area contributed by atoms with Gasteiger partial charge in [-0.25, -0.2) is 0 Å². The van der Waals surface area contributed by atoms with Crippen LogP contribution in [-0.2, 0) is 12.8 Å². The molecule has 0 bridgehead atoms. The van der Waals surface area contributed by atoms with E-state index in [4.69, 9.17) is 0 Å². The summed E-state index contributed by atoms with van der Waals surface area (Å²) in [5, 5.41) is 21.7. The van der Waals surface area contributed by atoms with Crippen LogP contribution in [0, 0.1) is 0 Å². The zero-order chi connectivity index (χ0) is 15.4. The lowest BCUT2D eigenvalue weighted by atomic mass is 10.0. The SMILES string of the molecule is CCc1cccc(CC)c1NC(=O)c1ccc(O)c(O)c1. The van der Waals surface area contributed by atoms with Crippen LogP contribution < -0.4 is 5.32 Å². The molecule has 2 aromatic carbocycles. The summed E-state index contributed by atoms with van der Waals surface area (Å²) in [7, 11) is 0. The fourth-order valence-corrected chi connectivity index (χ4v) is 2.25. The fourth-order valence-electron chi connectivity index (χ4n) is 2.25. The molecule has 2 rings (SSSR count). The molecular weight excluding hydrogens is 266 g/mol. The van der Waals surface area contributed by atoms with E-state index in [2.05, 4.69) is 5.32 Å². The minimum absolute atomic E-state index is 0.241. The van der Waals surface area contributed by atoms with E-state index in [-0.39, 0.29) is 17.4 Å². The molecule has 0 fully saturated rings. The summed E-state index contributed by atoms with van der Waals surface area (Å²) >= 11 is 0. The van der Waals surface area contributed by atoms with Crippen molar-refractivity contribution in [2.75, 3.05) is 5.32 Å². The standard InChI is InChI=1S/C17H19NO3/c1-3-11-6-5-7-12(4-2)16(11)18-17(21)13-8-9-14(19)15(20)10-13/h5-10,19-20H,3-4H2,1-2H3,(H,18,21). The van der Waals surface area contributed by atoms with Crippen LogP contribution in [0.15, 0.2) is 36.4 Å². The fraction of sp³-hybridized carbons (Fsp3) is 0.235. The third-order valence-corrected chi connectivity index (χ3v) is 3.47. The Kier molecular flexibility index (Phi) is 4.48. The van der Waals surface area contributed by atoms with Crippen LogP contribution in [0.1, 0.15) is 35.3 Å². The summed E-state index contributed by atoms with van der Waals surface area (Å²) < 4.78 is 0. The summed E-state index contributed by atoms with van der Waals surface area (Å²) in [6, 6.07) is 10.00. The molecule has 1 amide bonds. The van der Waals surface area contributed by atoms with Crippen molar-refractivity contribution < 1.29 is 15.0 Å². The number of benzene rings is 2. The molecule has 0 aromatic heterocycles. The Hall–Kier alpha value is -2.49. The van der Waals surface area contributed by atoms with Crippen molar-refractivity contribution in [1.82, 2.24) is 0 Å². The molecule has 0 heterocycles. The lowest BCUT2D eigenvalue weighted by Gasteiger charge is -2.14. The summed E-state index contributed by atoms with van der Waals surface area (Å²) in [5.41, 5.74) is 3.29. The van der Waals surface area contributed by atoms with Gasteiger partial charge in [0.05, 0.1) is 0 Å². The molecule has 0 atom stereocenters. The predicted molar refractivity (Wildman–Crippen MR) is 82.9 cm³/mol. The number of amides is 1. The van der Waals surface area contributed by atoms with E-state index in [9.17, 15) is 15.0 Å². The number of anilines is 1. The van der Waals surface area contributed by atoms with Crippen LogP contribution in [0.4, 0.5) is 5.69 Å². The molecule has 0 aliphatic heterocycles. The quantitative estimate of drug-likeness (QED) is 0.753. The number of phenols is 2. The van der Waals surface area contributed by atoms with E-state index in [1.54, 1.807) is 0 Å². The highest BCUT2D eigenvalue weighted by Crippen LogP contribution is 2.27. The number of para-hydroxylation sites is 1. The molecule has 0 saturated carbocycles. The normalized spacial score (nSPS) is 10.4. The second-order valence-electron chi connectivity index (χ2n) is 4.82. The van der Waals surface area contributed by atoms with Gasteiger partial charge in [-0.15, -0.1) is 0 Å². The highest BCUT2D eigenvalue weighted by molar-refractivity contribution is 6.05. The zero-order valence-corrected chi connectivity index (χ0v) is 12.2. The van der Waals surface area contributed by atoms with Gasteiger partial charge in [-0.3, -0.25) is 4.79 Å². The molecule has 3 N–H and O–H groups in total. The molecule has 110 valence electrons. The van der Waals surface area contributed by atoms with Crippen LogP contribution in [0.5, 0.6) is 11.5 Å². The third-order valence-electron chi connectivity index (χ3n) is 3.47. The summed E-state index contributed by atoms with van der Waals surface area (Å²) in [6.45, 7) is 4.08. The number of nitrogens with one attached hydrogen (secondary N) is 1. The van der Waals surface area contributed by atoms with Gasteiger partial charge in [-0.2, -0.15) is 0 Å². The van der Waals surface area contributed by atoms with Crippen molar-refractivity contribution in [2.24, 2.45) is 0 Å². The molecule has 0 aliphatic rings. The topological polar surface area (TPSA) is 69.6 Å². The minimum atomic E-state index is -0.305. The molecule has 4 nitrogen and oxygen atoms in total. The average molecular weight is 285 g/mol. The second-order valence-corrected chi connectivity index (χ2v) is 4.82. The Bertz CT molecular complexity index is 643. The Morgan fingerprint density at radius 2 is 1.62 bits per heavy atom. The lowest BCUT2D eigenvalue weighted by molar-refractivity contribution is 0.102. The van der Waals surface area contributed by atoms with Crippen molar-refractivity contribution in [3.05, 3.63) is 53.1 Å². The molecule has 21 heavy (non-hydrogen) atoms. The maximum atomic E-state index is 12.3. The smallest absolute Gasteiger partial charge is 0.255 e.